The highest BCUT2D eigenvalue weighted by Crippen LogP contribution is 2.34. The van der Waals surface area contributed by atoms with Crippen LogP contribution in [-0.4, -0.2) is 20.1 Å². The zero-order valence-corrected chi connectivity index (χ0v) is 15.7. The molecule has 0 unspecified atom stereocenters. The summed E-state index contributed by atoms with van der Waals surface area (Å²) in [6, 6.07) is 12.1. The SMILES string of the molecule is CCc1ccc(NS(=O)(=O)c2ccc3c(c2)NC(=O)[C@H](C)CS3)cc1. The summed E-state index contributed by atoms with van der Waals surface area (Å²) in [5.41, 5.74) is 2.20. The van der Waals surface area contributed by atoms with E-state index >= 15 is 0 Å². The van der Waals surface area contributed by atoms with E-state index in [1.165, 1.54) is 6.07 Å². The molecule has 0 fully saturated rings. The standard InChI is InChI=1S/C18H20N2O3S2/c1-3-13-4-6-14(7-5-13)20-25(22,23)15-8-9-17-16(10-15)19-18(21)12(2)11-24-17/h4-10,12,20H,3,11H2,1-2H3,(H,19,21)/t12-/m1/s1. The van der Waals surface area contributed by atoms with Gasteiger partial charge in [0.05, 0.1) is 10.6 Å². The smallest absolute Gasteiger partial charge is 0.261 e. The number of rotatable bonds is 4. The summed E-state index contributed by atoms with van der Waals surface area (Å²) in [7, 11) is -3.72. The normalized spacial score (nSPS) is 17.4. The van der Waals surface area contributed by atoms with Gasteiger partial charge in [0.2, 0.25) is 5.91 Å². The molecule has 0 spiro atoms. The number of amides is 1. The third-order valence-electron chi connectivity index (χ3n) is 4.07. The van der Waals surface area contributed by atoms with E-state index in [4.69, 9.17) is 0 Å². The van der Waals surface area contributed by atoms with Crippen molar-refractivity contribution in [3.63, 3.8) is 0 Å². The highest BCUT2D eigenvalue weighted by Gasteiger charge is 2.23. The van der Waals surface area contributed by atoms with E-state index in [-0.39, 0.29) is 16.7 Å². The van der Waals surface area contributed by atoms with Crippen LogP contribution < -0.4 is 10.0 Å². The molecule has 0 bridgehead atoms. The number of sulfonamides is 1. The summed E-state index contributed by atoms with van der Waals surface area (Å²) in [6.45, 7) is 3.90. The Morgan fingerprint density at radius 2 is 1.92 bits per heavy atom. The second-order valence-corrected chi connectivity index (χ2v) is 8.76. The van der Waals surface area contributed by atoms with Gasteiger partial charge >= 0.3 is 0 Å². The van der Waals surface area contributed by atoms with Crippen LogP contribution in [0.25, 0.3) is 0 Å². The molecular formula is C18H20N2O3S2. The van der Waals surface area contributed by atoms with Crippen LogP contribution in [0, 0.1) is 5.92 Å². The molecule has 0 saturated heterocycles. The third kappa shape index (κ3) is 3.99. The van der Waals surface area contributed by atoms with Crippen molar-refractivity contribution in [2.75, 3.05) is 15.8 Å². The number of anilines is 2. The first-order chi connectivity index (χ1) is 11.9. The van der Waals surface area contributed by atoms with Crippen molar-refractivity contribution in [3.8, 4) is 0 Å². The predicted molar refractivity (Wildman–Crippen MR) is 102 cm³/mol. The molecule has 1 aliphatic rings. The Morgan fingerprint density at radius 3 is 2.60 bits per heavy atom. The van der Waals surface area contributed by atoms with Crippen molar-refractivity contribution >= 4 is 39.1 Å². The molecule has 0 aliphatic carbocycles. The first kappa shape index (κ1) is 17.8. The number of carbonyl (C=O) groups is 1. The maximum Gasteiger partial charge on any atom is 0.261 e. The molecule has 0 saturated carbocycles. The van der Waals surface area contributed by atoms with Crippen molar-refractivity contribution < 1.29 is 13.2 Å². The molecule has 3 rings (SSSR count). The zero-order valence-electron chi connectivity index (χ0n) is 14.1. The van der Waals surface area contributed by atoms with Gasteiger partial charge in [0.1, 0.15) is 0 Å². The lowest BCUT2D eigenvalue weighted by Crippen LogP contribution is -2.20. The summed E-state index contributed by atoms with van der Waals surface area (Å²) in [6.07, 6.45) is 0.896. The Kier molecular flexibility index (Phi) is 5.06. The Bertz CT molecular complexity index is 893. The Morgan fingerprint density at radius 1 is 1.20 bits per heavy atom. The fourth-order valence-corrected chi connectivity index (χ4v) is 4.56. The second kappa shape index (κ2) is 7.09. The number of aryl methyl sites for hydroxylation is 1. The van der Waals surface area contributed by atoms with Gasteiger partial charge in [-0.1, -0.05) is 26.0 Å². The monoisotopic (exact) mass is 376 g/mol. The molecule has 2 N–H and O–H groups in total. The average molecular weight is 377 g/mol. The minimum Gasteiger partial charge on any atom is -0.325 e. The molecule has 2 aromatic rings. The lowest BCUT2D eigenvalue weighted by Gasteiger charge is -2.12. The van der Waals surface area contributed by atoms with Gasteiger partial charge < -0.3 is 5.32 Å². The second-order valence-electron chi connectivity index (χ2n) is 6.02. The molecule has 1 heterocycles. The number of hydrogen-bond acceptors (Lipinski definition) is 4. The van der Waals surface area contributed by atoms with E-state index in [0.29, 0.717) is 17.1 Å². The topological polar surface area (TPSA) is 75.3 Å². The van der Waals surface area contributed by atoms with Gasteiger partial charge in [-0.25, -0.2) is 8.42 Å². The fourth-order valence-electron chi connectivity index (χ4n) is 2.47. The molecule has 7 heteroatoms. The molecule has 1 amide bonds. The van der Waals surface area contributed by atoms with Gasteiger partial charge in [-0.15, -0.1) is 11.8 Å². The van der Waals surface area contributed by atoms with Crippen molar-refractivity contribution in [2.45, 2.75) is 30.1 Å². The summed E-state index contributed by atoms with van der Waals surface area (Å²) >= 11 is 1.55. The molecule has 2 aromatic carbocycles. The molecule has 0 radical (unpaired) electrons. The largest absolute Gasteiger partial charge is 0.325 e. The molecule has 5 nitrogen and oxygen atoms in total. The van der Waals surface area contributed by atoms with E-state index < -0.39 is 10.0 Å². The maximum atomic E-state index is 12.6. The molecule has 132 valence electrons. The molecule has 1 atom stereocenters. The Balaban J connectivity index is 1.87. The quantitative estimate of drug-likeness (QED) is 0.853. The van der Waals surface area contributed by atoms with Gasteiger partial charge in [-0.2, -0.15) is 0 Å². The highest BCUT2D eigenvalue weighted by atomic mass is 32.2. The van der Waals surface area contributed by atoms with Crippen LogP contribution in [0.1, 0.15) is 19.4 Å². The first-order valence-electron chi connectivity index (χ1n) is 8.08. The van der Waals surface area contributed by atoms with E-state index in [0.717, 1.165) is 16.9 Å². The van der Waals surface area contributed by atoms with Crippen LogP contribution in [0.2, 0.25) is 0 Å². The van der Waals surface area contributed by atoms with Crippen LogP contribution in [0.15, 0.2) is 52.3 Å². The average Bonchev–Trinajstić information content (AvgIpc) is 2.74. The number of carbonyl (C=O) groups excluding carboxylic acids is 1. The van der Waals surface area contributed by atoms with Gasteiger partial charge in [0, 0.05) is 22.3 Å². The number of thioether (sulfide) groups is 1. The summed E-state index contributed by atoms with van der Waals surface area (Å²) in [4.78, 5) is 13.0. The van der Waals surface area contributed by atoms with Gasteiger partial charge in [-0.3, -0.25) is 9.52 Å². The fraction of sp³-hybridized carbons (Fsp3) is 0.278. The van der Waals surface area contributed by atoms with Crippen molar-refractivity contribution in [3.05, 3.63) is 48.0 Å². The maximum absolute atomic E-state index is 12.6. The lowest BCUT2D eigenvalue weighted by molar-refractivity contribution is -0.118. The van der Waals surface area contributed by atoms with E-state index in [1.807, 2.05) is 26.0 Å². The van der Waals surface area contributed by atoms with Crippen molar-refractivity contribution in [1.29, 1.82) is 0 Å². The highest BCUT2D eigenvalue weighted by molar-refractivity contribution is 7.99. The number of hydrogen-bond donors (Lipinski definition) is 2. The van der Waals surface area contributed by atoms with Crippen LogP contribution in [0.5, 0.6) is 0 Å². The Hall–Kier alpha value is -1.99. The zero-order chi connectivity index (χ0) is 18.0. The summed E-state index contributed by atoms with van der Waals surface area (Å²) in [5.74, 6) is 0.462. The number of fused-ring (bicyclic) bond motifs is 1. The minimum atomic E-state index is -3.72. The minimum absolute atomic E-state index is 0.0936. The van der Waals surface area contributed by atoms with Crippen LogP contribution in [0.4, 0.5) is 11.4 Å². The lowest BCUT2D eigenvalue weighted by atomic mass is 10.2. The molecular weight excluding hydrogens is 356 g/mol. The van der Waals surface area contributed by atoms with Gasteiger partial charge in [0.15, 0.2) is 0 Å². The van der Waals surface area contributed by atoms with E-state index in [9.17, 15) is 13.2 Å². The van der Waals surface area contributed by atoms with Gasteiger partial charge in [0.25, 0.3) is 10.0 Å². The Labute approximate surface area is 152 Å². The molecule has 1 aliphatic heterocycles. The molecule has 25 heavy (non-hydrogen) atoms. The summed E-state index contributed by atoms with van der Waals surface area (Å²) < 4.78 is 27.9. The number of benzene rings is 2. The van der Waals surface area contributed by atoms with Gasteiger partial charge in [-0.05, 0) is 42.3 Å². The predicted octanol–water partition coefficient (Wildman–Crippen LogP) is 3.73. The van der Waals surface area contributed by atoms with Crippen molar-refractivity contribution in [1.82, 2.24) is 0 Å². The van der Waals surface area contributed by atoms with Crippen LogP contribution in [-0.2, 0) is 21.2 Å². The van der Waals surface area contributed by atoms with Crippen molar-refractivity contribution in [2.24, 2.45) is 5.92 Å². The van der Waals surface area contributed by atoms with E-state index in [1.54, 1.807) is 36.0 Å². The number of nitrogens with one attached hydrogen (secondary N) is 2. The summed E-state index contributed by atoms with van der Waals surface area (Å²) in [5, 5.41) is 2.81. The molecule has 0 aromatic heterocycles. The van der Waals surface area contributed by atoms with E-state index in [2.05, 4.69) is 10.0 Å². The first-order valence-corrected chi connectivity index (χ1v) is 10.6. The van der Waals surface area contributed by atoms with Crippen LogP contribution in [0.3, 0.4) is 0 Å². The van der Waals surface area contributed by atoms with Crippen LogP contribution >= 0.6 is 11.8 Å². The third-order valence-corrected chi connectivity index (χ3v) is 6.78.